The molecule has 0 heterocycles. The number of esters is 2. The number of phosphoric acid groups is 1. The maximum atomic E-state index is 12.8. The van der Waals surface area contributed by atoms with E-state index in [0.29, 0.717) is 23.9 Å². The fourth-order valence-electron chi connectivity index (χ4n) is 7.49. The molecule has 0 radical (unpaired) electrons. The molecule has 468 valence electrons. The molecule has 0 aromatic carbocycles. The van der Waals surface area contributed by atoms with Crippen LogP contribution in [0.15, 0.2) is 207 Å². The first kappa shape index (κ1) is 78.6. The number of carbonyl (C=O) groups is 2. The van der Waals surface area contributed by atoms with Crippen LogP contribution in [-0.4, -0.2) is 74.9 Å². The molecule has 1 N–H and O–H groups in total. The van der Waals surface area contributed by atoms with Crippen molar-refractivity contribution in [1.29, 1.82) is 0 Å². The van der Waals surface area contributed by atoms with Crippen molar-refractivity contribution in [3.63, 3.8) is 0 Å². The molecule has 10 heteroatoms. The van der Waals surface area contributed by atoms with Gasteiger partial charge in [0.15, 0.2) is 6.10 Å². The summed E-state index contributed by atoms with van der Waals surface area (Å²) in [4.78, 5) is 35.8. The van der Waals surface area contributed by atoms with E-state index in [0.717, 1.165) is 154 Å². The van der Waals surface area contributed by atoms with Gasteiger partial charge in [0.1, 0.15) is 19.8 Å². The van der Waals surface area contributed by atoms with Crippen LogP contribution in [0, 0.1) is 0 Å². The Kier molecular flexibility index (Phi) is 58.1. The third-order valence-corrected chi connectivity index (χ3v) is 13.3. The number of allylic oxidation sites excluding steroid dienone is 34. The van der Waals surface area contributed by atoms with E-state index >= 15 is 0 Å². The van der Waals surface area contributed by atoms with Gasteiger partial charge in [-0.25, -0.2) is 4.57 Å². The standard InChI is InChI=1S/C74H114NO8P/c1-6-8-10-12-14-16-18-20-22-24-26-28-30-32-33-34-35-36-37-38-39-40-41-43-45-47-49-51-53-55-57-59-61-63-65-67-74(77)83-72(71-82-84(78,79)81-69-68-75(3,4)5)70-80-73(76)66-64-62-60-58-56-54-52-50-48-46-44-42-31-29-27-25-23-21-19-17-15-13-11-9-7-2/h8-11,14-17,20-23,26-29,32-33,35-36,38-39,41-44,47-50,53-56,72H,6-7,12-13,18-19,24-25,30-31,34,37,40,45-46,51-52,57-71H2,1-5H3/p+1/b10-8-,11-9-,16-14-,17-15-,22-20-,23-21-,28-26-,29-27-,33-32-,36-35-,39-38-,43-41-,44-42-,49-47-,50-48-,55-53-,56-54-. The lowest BCUT2D eigenvalue weighted by atomic mass is 10.1. The molecule has 2 atom stereocenters. The van der Waals surface area contributed by atoms with E-state index in [9.17, 15) is 19.0 Å². The normalized spacial score (nSPS) is 14.6. The zero-order valence-electron chi connectivity index (χ0n) is 53.0. The van der Waals surface area contributed by atoms with Crippen LogP contribution in [0.25, 0.3) is 0 Å². The fourth-order valence-corrected chi connectivity index (χ4v) is 8.23. The van der Waals surface area contributed by atoms with Gasteiger partial charge in [-0.1, -0.05) is 240 Å². The molecule has 0 saturated carbocycles. The van der Waals surface area contributed by atoms with E-state index in [1.807, 2.05) is 21.1 Å². The van der Waals surface area contributed by atoms with Crippen molar-refractivity contribution in [2.45, 2.75) is 200 Å². The highest BCUT2D eigenvalue weighted by Crippen LogP contribution is 2.43. The smallest absolute Gasteiger partial charge is 0.462 e. The topological polar surface area (TPSA) is 108 Å². The Morgan fingerprint density at radius 1 is 0.369 bits per heavy atom. The molecule has 0 aromatic heterocycles. The summed E-state index contributed by atoms with van der Waals surface area (Å²) in [5.41, 5.74) is 0. The van der Waals surface area contributed by atoms with Gasteiger partial charge >= 0.3 is 19.8 Å². The van der Waals surface area contributed by atoms with Crippen molar-refractivity contribution in [3.8, 4) is 0 Å². The highest BCUT2D eigenvalue weighted by molar-refractivity contribution is 7.47. The van der Waals surface area contributed by atoms with Crippen LogP contribution < -0.4 is 0 Å². The largest absolute Gasteiger partial charge is 0.472 e. The average molecular weight is 1180 g/mol. The monoisotopic (exact) mass is 1180 g/mol. The summed E-state index contributed by atoms with van der Waals surface area (Å²) in [6, 6.07) is 0. The molecule has 9 nitrogen and oxygen atoms in total. The zero-order valence-corrected chi connectivity index (χ0v) is 53.9. The maximum Gasteiger partial charge on any atom is 0.472 e. The molecular weight excluding hydrogens is 1060 g/mol. The van der Waals surface area contributed by atoms with E-state index in [1.165, 1.54) is 0 Å². The van der Waals surface area contributed by atoms with Crippen molar-refractivity contribution < 1.29 is 42.1 Å². The van der Waals surface area contributed by atoms with Crippen LogP contribution in [0.5, 0.6) is 0 Å². The molecule has 0 aliphatic carbocycles. The van der Waals surface area contributed by atoms with Gasteiger partial charge in [-0.05, 0) is 148 Å². The Morgan fingerprint density at radius 3 is 0.952 bits per heavy atom. The number of rotatable bonds is 55. The van der Waals surface area contributed by atoms with Gasteiger partial charge in [-0.3, -0.25) is 18.6 Å². The predicted molar refractivity (Wildman–Crippen MR) is 361 cm³/mol. The average Bonchev–Trinajstić information content (AvgIpc) is 3.61. The molecular formula is C74H115NO8P+. The Balaban J connectivity index is 4.32. The summed E-state index contributed by atoms with van der Waals surface area (Å²) in [6.07, 6.45) is 99.1. The van der Waals surface area contributed by atoms with Gasteiger partial charge < -0.3 is 18.9 Å². The first-order chi connectivity index (χ1) is 41.0. The third-order valence-electron chi connectivity index (χ3n) is 12.3. The molecule has 0 saturated heterocycles. The zero-order chi connectivity index (χ0) is 61.2. The Bertz CT molecular complexity index is 2170. The Morgan fingerprint density at radius 2 is 0.643 bits per heavy atom. The summed E-state index contributed by atoms with van der Waals surface area (Å²) in [6.45, 7) is 4.09. The summed E-state index contributed by atoms with van der Waals surface area (Å²) in [5, 5.41) is 0. The van der Waals surface area contributed by atoms with Gasteiger partial charge in [-0.15, -0.1) is 0 Å². The molecule has 0 aliphatic heterocycles. The van der Waals surface area contributed by atoms with Crippen molar-refractivity contribution in [1.82, 2.24) is 0 Å². The maximum absolute atomic E-state index is 12.8. The van der Waals surface area contributed by atoms with E-state index in [4.69, 9.17) is 18.5 Å². The minimum atomic E-state index is -4.42. The minimum Gasteiger partial charge on any atom is -0.462 e. The molecule has 0 aromatic rings. The molecule has 0 rings (SSSR count). The summed E-state index contributed by atoms with van der Waals surface area (Å²) in [5.74, 6) is -0.886. The number of likely N-dealkylation sites (N-methyl/N-ethyl adjacent to an activating group) is 1. The summed E-state index contributed by atoms with van der Waals surface area (Å²) < 4.78 is 34.5. The van der Waals surface area contributed by atoms with E-state index in [-0.39, 0.29) is 26.1 Å². The second kappa shape index (κ2) is 62.1. The van der Waals surface area contributed by atoms with Gasteiger partial charge in [0.05, 0.1) is 27.7 Å². The number of unbranched alkanes of at least 4 members (excludes halogenated alkanes) is 7. The molecule has 0 spiro atoms. The van der Waals surface area contributed by atoms with Crippen molar-refractivity contribution in [2.24, 2.45) is 0 Å². The van der Waals surface area contributed by atoms with Gasteiger partial charge in [0, 0.05) is 12.8 Å². The molecule has 0 aliphatic rings. The quantitative estimate of drug-likeness (QED) is 0.0211. The Labute approximate surface area is 513 Å². The van der Waals surface area contributed by atoms with Crippen molar-refractivity contribution in [3.05, 3.63) is 207 Å². The van der Waals surface area contributed by atoms with E-state index in [1.54, 1.807) is 0 Å². The molecule has 0 amide bonds. The van der Waals surface area contributed by atoms with Crippen LogP contribution in [0.3, 0.4) is 0 Å². The van der Waals surface area contributed by atoms with Crippen LogP contribution >= 0.6 is 7.82 Å². The number of carbonyl (C=O) groups excluding carboxylic acids is 2. The van der Waals surface area contributed by atoms with Crippen LogP contribution in [-0.2, 0) is 32.7 Å². The second-order valence-electron chi connectivity index (χ2n) is 21.3. The van der Waals surface area contributed by atoms with Crippen LogP contribution in [0.2, 0.25) is 0 Å². The van der Waals surface area contributed by atoms with Crippen LogP contribution in [0.4, 0.5) is 0 Å². The van der Waals surface area contributed by atoms with Gasteiger partial charge in [0.25, 0.3) is 0 Å². The van der Waals surface area contributed by atoms with E-state index in [2.05, 4.69) is 220 Å². The summed E-state index contributed by atoms with van der Waals surface area (Å²) in [7, 11) is 1.40. The lowest BCUT2D eigenvalue weighted by Gasteiger charge is -2.24. The van der Waals surface area contributed by atoms with Gasteiger partial charge in [0.2, 0.25) is 0 Å². The third kappa shape index (κ3) is 65.7. The van der Waals surface area contributed by atoms with Gasteiger partial charge in [-0.2, -0.15) is 0 Å². The number of ether oxygens (including phenoxy) is 2. The predicted octanol–water partition coefficient (Wildman–Crippen LogP) is 20.7. The van der Waals surface area contributed by atoms with Crippen LogP contribution in [0.1, 0.15) is 194 Å². The fraction of sp³-hybridized carbons (Fsp3) is 0.514. The molecule has 84 heavy (non-hydrogen) atoms. The first-order valence-corrected chi connectivity index (χ1v) is 33.3. The molecule has 0 fully saturated rings. The number of hydrogen-bond acceptors (Lipinski definition) is 7. The number of nitrogens with zero attached hydrogens (tertiary/aromatic N) is 1. The minimum absolute atomic E-state index is 0.00737. The second-order valence-corrected chi connectivity index (χ2v) is 22.8. The Hall–Kier alpha value is -5.41. The highest BCUT2D eigenvalue weighted by atomic mass is 31.2. The van der Waals surface area contributed by atoms with Crippen molar-refractivity contribution >= 4 is 19.8 Å². The SMILES string of the molecule is CC/C=C\C/C=C\C/C=C\C/C=C\C/C=C\C/C=C\C/C=C\C/C=C\C/C=C\C/C=C\CCCCCCC(=O)OC(COC(=O)CCCCC/C=C\C/C=C\C/C=C\C/C=C\C/C=C\C/C=C\C/C=C\CC)COP(=O)(O)OCC[N+](C)(C)C. The highest BCUT2D eigenvalue weighted by Gasteiger charge is 2.27. The lowest BCUT2D eigenvalue weighted by Crippen LogP contribution is -2.37. The van der Waals surface area contributed by atoms with E-state index < -0.39 is 32.5 Å². The van der Waals surface area contributed by atoms with Crippen molar-refractivity contribution in [2.75, 3.05) is 47.5 Å². The number of quaternary nitrogens is 1. The lowest BCUT2D eigenvalue weighted by molar-refractivity contribution is -0.870. The molecule has 2 unspecified atom stereocenters. The number of phosphoric ester groups is 1. The summed E-state index contributed by atoms with van der Waals surface area (Å²) >= 11 is 0. The number of hydrogen-bond donors (Lipinski definition) is 1. The molecule has 0 bridgehead atoms. The first-order valence-electron chi connectivity index (χ1n) is 31.8.